The van der Waals surface area contributed by atoms with Gasteiger partial charge in [0, 0.05) is 12.3 Å². The van der Waals surface area contributed by atoms with Gasteiger partial charge in [-0.15, -0.1) is 0 Å². The molecule has 0 radical (unpaired) electrons. The van der Waals surface area contributed by atoms with Gasteiger partial charge in [-0.2, -0.15) is 13.2 Å². The van der Waals surface area contributed by atoms with E-state index in [2.05, 4.69) is 10.3 Å². The van der Waals surface area contributed by atoms with Gasteiger partial charge in [-0.05, 0) is 49.7 Å². The minimum atomic E-state index is -4.32. The molecule has 0 spiro atoms. The molecule has 0 aliphatic carbocycles. The van der Waals surface area contributed by atoms with E-state index in [-0.39, 0.29) is 5.56 Å². The highest BCUT2D eigenvalue weighted by Crippen LogP contribution is 2.34. The van der Waals surface area contributed by atoms with Crippen LogP contribution in [-0.4, -0.2) is 23.2 Å². The van der Waals surface area contributed by atoms with Gasteiger partial charge in [-0.1, -0.05) is 32.0 Å². The van der Waals surface area contributed by atoms with Gasteiger partial charge in [0.1, 0.15) is 0 Å². The number of aliphatic hydroxyl groups is 1. The molecule has 0 atom stereocenters. The fourth-order valence-electron chi connectivity index (χ4n) is 2.48. The molecule has 1 aromatic carbocycles. The number of alkyl halides is 3. The van der Waals surface area contributed by atoms with Crippen molar-refractivity contribution in [2.24, 2.45) is 0 Å². The molecule has 0 bridgehead atoms. The summed E-state index contributed by atoms with van der Waals surface area (Å²) in [6.45, 7) is 5.36. The van der Waals surface area contributed by atoms with Crippen LogP contribution in [0.3, 0.4) is 0 Å². The Bertz CT molecular complexity index is 673. The molecule has 0 saturated carbocycles. The fraction of sp³-hybridized carbons (Fsp3) is 0.421. The molecule has 1 aliphatic heterocycles. The first-order chi connectivity index (χ1) is 12.3. The van der Waals surface area contributed by atoms with Crippen molar-refractivity contribution in [1.82, 2.24) is 10.3 Å². The Morgan fingerprint density at radius 1 is 1.00 bits per heavy atom. The van der Waals surface area contributed by atoms with Crippen molar-refractivity contribution < 1.29 is 18.3 Å². The number of hydrogen-bond acceptors (Lipinski definition) is 3. The first kappa shape index (κ1) is 21.9. The number of benzene rings is 1. The Kier molecular flexibility index (Phi) is 8.54. The Hall–Kier alpha value is -2.12. The number of pyridine rings is 1. The van der Waals surface area contributed by atoms with Crippen LogP contribution in [-0.2, 0) is 11.8 Å². The second-order valence-electron chi connectivity index (χ2n) is 5.58. The van der Waals surface area contributed by atoms with Gasteiger partial charge in [-0.3, -0.25) is 4.79 Å². The average Bonchev–Trinajstić information content (AvgIpc) is 2.65. The molecule has 2 aromatic rings. The molecule has 144 valence electrons. The summed E-state index contributed by atoms with van der Waals surface area (Å²) in [5, 5.41) is 13.4. The lowest BCUT2D eigenvalue weighted by Gasteiger charge is -2.33. The van der Waals surface area contributed by atoms with E-state index >= 15 is 0 Å². The lowest BCUT2D eigenvalue weighted by molar-refractivity contribution is -0.137. The summed E-state index contributed by atoms with van der Waals surface area (Å²) in [5.74, 6) is 0. The van der Waals surface area contributed by atoms with Crippen molar-refractivity contribution in [3.8, 4) is 0 Å². The Morgan fingerprint density at radius 3 is 1.96 bits per heavy atom. The van der Waals surface area contributed by atoms with E-state index in [1.165, 1.54) is 18.2 Å². The Labute approximate surface area is 151 Å². The predicted molar refractivity (Wildman–Crippen MR) is 95.9 cm³/mol. The molecule has 2 heterocycles. The van der Waals surface area contributed by atoms with Crippen LogP contribution in [0.25, 0.3) is 0 Å². The molecule has 7 heteroatoms. The predicted octanol–water partition coefficient (Wildman–Crippen LogP) is 3.68. The second-order valence-corrected chi connectivity index (χ2v) is 5.58. The van der Waals surface area contributed by atoms with Crippen LogP contribution in [0.1, 0.15) is 37.8 Å². The van der Waals surface area contributed by atoms with E-state index in [1.54, 1.807) is 18.3 Å². The summed E-state index contributed by atoms with van der Waals surface area (Å²) < 4.78 is 37.2. The van der Waals surface area contributed by atoms with Crippen molar-refractivity contribution in [2.75, 3.05) is 13.1 Å². The van der Waals surface area contributed by atoms with Crippen LogP contribution >= 0.6 is 0 Å². The highest BCUT2D eigenvalue weighted by Gasteiger charge is 2.33. The zero-order valence-electron chi connectivity index (χ0n) is 14.9. The third kappa shape index (κ3) is 6.65. The SMILES string of the molecule is CC.O=c1cccc[nH]1.OC1(c2ccc(C(F)(F)F)cc2)CCNCC1. The maximum Gasteiger partial charge on any atom is 0.416 e. The molecule has 3 N–H and O–H groups in total. The second kappa shape index (κ2) is 10.1. The largest absolute Gasteiger partial charge is 0.416 e. The molecule has 3 rings (SSSR count). The van der Waals surface area contributed by atoms with E-state index in [4.69, 9.17) is 0 Å². The van der Waals surface area contributed by atoms with Gasteiger partial charge in [0.15, 0.2) is 0 Å². The topological polar surface area (TPSA) is 65.1 Å². The molecule has 4 nitrogen and oxygen atoms in total. The van der Waals surface area contributed by atoms with Crippen LogP contribution in [0.4, 0.5) is 13.2 Å². The van der Waals surface area contributed by atoms with E-state index in [0.717, 1.165) is 12.1 Å². The highest BCUT2D eigenvalue weighted by atomic mass is 19.4. The standard InChI is InChI=1S/C12H14F3NO.C5H5NO.C2H6/c13-12(14,15)10-3-1-9(2-4-10)11(17)5-7-16-8-6-11;7-5-3-1-2-4-6-5;1-2/h1-4,16-17H,5-8H2;1-4H,(H,6,7);1-2H3. The van der Waals surface area contributed by atoms with Crippen LogP contribution in [0.15, 0.2) is 53.5 Å². The summed E-state index contributed by atoms with van der Waals surface area (Å²) in [5.41, 5.74) is -1.16. The number of nitrogens with one attached hydrogen (secondary N) is 2. The van der Waals surface area contributed by atoms with E-state index < -0.39 is 17.3 Å². The molecule has 26 heavy (non-hydrogen) atoms. The quantitative estimate of drug-likeness (QED) is 0.718. The van der Waals surface area contributed by atoms with Crippen molar-refractivity contribution in [2.45, 2.75) is 38.5 Å². The van der Waals surface area contributed by atoms with Crippen molar-refractivity contribution >= 4 is 0 Å². The molecule has 1 saturated heterocycles. The number of aromatic nitrogens is 1. The summed E-state index contributed by atoms with van der Waals surface area (Å²) in [6.07, 6.45) is -1.67. The zero-order chi connectivity index (χ0) is 19.6. The summed E-state index contributed by atoms with van der Waals surface area (Å²) in [4.78, 5) is 12.7. The molecule has 1 fully saturated rings. The number of rotatable bonds is 1. The molecular formula is C19H25F3N2O2. The Balaban J connectivity index is 0.000000313. The summed E-state index contributed by atoms with van der Waals surface area (Å²) >= 11 is 0. The highest BCUT2D eigenvalue weighted by molar-refractivity contribution is 5.29. The van der Waals surface area contributed by atoms with Gasteiger partial charge < -0.3 is 15.4 Å². The summed E-state index contributed by atoms with van der Waals surface area (Å²) in [7, 11) is 0. The maximum atomic E-state index is 12.4. The molecular weight excluding hydrogens is 345 g/mol. The molecule has 0 unspecified atom stereocenters. The van der Waals surface area contributed by atoms with Crippen molar-refractivity contribution in [3.05, 3.63) is 70.1 Å². The van der Waals surface area contributed by atoms with Gasteiger partial charge in [0.25, 0.3) is 0 Å². The van der Waals surface area contributed by atoms with Crippen LogP contribution in [0, 0.1) is 0 Å². The first-order valence-electron chi connectivity index (χ1n) is 8.56. The first-order valence-corrected chi connectivity index (χ1v) is 8.56. The number of piperidine rings is 1. The minimum Gasteiger partial charge on any atom is -0.385 e. The smallest absolute Gasteiger partial charge is 0.385 e. The third-order valence-corrected chi connectivity index (χ3v) is 3.86. The fourth-order valence-corrected chi connectivity index (χ4v) is 2.48. The van der Waals surface area contributed by atoms with Crippen molar-refractivity contribution in [3.63, 3.8) is 0 Å². The number of H-pyrrole nitrogens is 1. The lowest BCUT2D eigenvalue weighted by Crippen LogP contribution is -2.39. The normalized spacial score (nSPS) is 15.8. The van der Waals surface area contributed by atoms with Gasteiger partial charge in [0.2, 0.25) is 5.56 Å². The van der Waals surface area contributed by atoms with Crippen LogP contribution < -0.4 is 10.9 Å². The average molecular weight is 370 g/mol. The van der Waals surface area contributed by atoms with Gasteiger partial charge in [0.05, 0.1) is 11.2 Å². The third-order valence-electron chi connectivity index (χ3n) is 3.86. The molecule has 1 aromatic heterocycles. The molecule has 1 aliphatic rings. The molecule has 0 amide bonds. The maximum absolute atomic E-state index is 12.4. The van der Waals surface area contributed by atoms with Crippen LogP contribution in [0.5, 0.6) is 0 Å². The minimum absolute atomic E-state index is 0.0532. The van der Waals surface area contributed by atoms with E-state index in [9.17, 15) is 23.1 Å². The number of hydrogen-bond donors (Lipinski definition) is 3. The van der Waals surface area contributed by atoms with Crippen LogP contribution in [0.2, 0.25) is 0 Å². The van der Waals surface area contributed by atoms with E-state index in [0.29, 0.717) is 31.5 Å². The lowest BCUT2D eigenvalue weighted by atomic mass is 9.85. The van der Waals surface area contributed by atoms with Crippen molar-refractivity contribution in [1.29, 1.82) is 0 Å². The van der Waals surface area contributed by atoms with Gasteiger partial charge >= 0.3 is 6.18 Å². The zero-order valence-corrected chi connectivity index (χ0v) is 14.9. The summed E-state index contributed by atoms with van der Waals surface area (Å²) in [6, 6.07) is 9.72. The monoisotopic (exact) mass is 370 g/mol. The van der Waals surface area contributed by atoms with Gasteiger partial charge in [-0.25, -0.2) is 0 Å². The number of halogens is 3. The van der Waals surface area contributed by atoms with E-state index in [1.807, 2.05) is 13.8 Å². The number of aromatic amines is 1. The Morgan fingerprint density at radius 2 is 1.58 bits per heavy atom.